The molecule has 0 aromatic carbocycles. The third-order valence-corrected chi connectivity index (χ3v) is 1.90. The van der Waals surface area contributed by atoms with Crippen LogP contribution in [0.1, 0.15) is 24.6 Å². The van der Waals surface area contributed by atoms with Crippen LogP contribution < -0.4 is 0 Å². The lowest BCUT2D eigenvalue weighted by Crippen LogP contribution is -2.05. The quantitative estimate of drug-likeness (QED) is 0.685. The largest absolute Gasteiger partial charge is 0.466 e. The smallest absolute Gasteiger partial charge is 0.306 e. The Morgan fingerprint density at radius 2 is 2.29 bits per heavy atom. The summed E-state index contributed by atoms with van der Waals surface area (Å²) in [6.07, 6.45) is 2.93. The van der Waals surface area contributed by atoms with E-state index in [1.54, 1.807) is 6.20 Å². The maximum absolute atomic E-state index is 11.0. The van der Waals surface area contributed by atoms with Crippen LogP contribution >= 0.6 is 0 Å². The van der Waals surface area contributed by atoms with Crippen LogP contribution in [0.2, 0.25) is 0 Å². The van der Waals surface area contributed by atoms with Crippen molar-refractivity contribution in [3.05, 3.63) is 29.6 Å². The highest BCUT2D eigenvalue weighted by atomic mass is 16.5. The zero-order chi connectivity index (χ0) is 10.4. The van der Waals surface area contributed by atoms with Gasteiger partial charge in [-0.25, -0.2) is 0 Å². The Morgan fingerprint density at radius 3 is 2.86 bits per heavy atom. The molecule has 0 aliphatic rings. The summed E-state index contributed by atoms with van der Waals surface area (Å²) in [4.78, 5) is 15.2. The predicted molar refractivity (Wildman–Crippen MR) is 53.9 cm³/mol. The first-order chi connectivity index (χ1) is 6.72. The van der Waals surface area contributed by atoms with Crippen LogP contribution in [0.15, 0.2) is 18.3 Å². The van der Waals surface area contributed by atoms with Gasteiger partial charge in [0, 0.05) is 18.3 Å². The highest BCUT2D eigenvalue weighted by Gasteiger charge is 2.02. The van der Waals surface area contributed by atoms with Crippen LogP contribution in [0.25, 0.3) is 0 Å². The summed E-state index contributed by atoms with van der Waals surface area (Å²) in [5.41, 5.74) is 2.06. The molecule has 0 aliphatic heterocycles. The minimum atomic E-state index is -0.145. The molecule has 1 rings (SSSR count). The first-order valence-electron chi connectivity index (χ1n) is 4.79. The third kappa shape index (κ3) is 3.56. The average Bonchev–Trinajstić information content (AvgIpc) is 2.17. The SMILES string of the molecule is CCOC(=O)CCc1ccc(C)nc1. The fraction of sp³-hybridized carbons (Fsp3) is 0.455. The van der Waals surface area contributed by atoms with Crippen molar-refractivity contribution in [1.82, 2.24) is 4.98 Å². The fourth-order valence-electron chi connectivity index (χ4n) is 1.13. The molecule has 0 saturated heterocycles. The van der Waals surface area contributed by atoms with Crippen LogP contribution in [-0.4, -0.2) is 17.6 Å². The Morgan fingerprint density at radius 1 is 1.50 bits per heavy atom. The number of aryl methyl sites for hydroxylation is 2. The number of esters is 1. The van der Waals surface area contributed by atoms with Crippen LogP contribution in [0.4, 0.5) is 0 Å². The van der Waals surface area contributed by atoms with Crippen molar-refractivity contribution in [3.63, 3.8) is 0 Å². The van der Waals surface area contributed by atoms with Crippen molar-refractivity contribution in [2.24, 2.45) is 0 Å². The third-order valence-electron chi connectivity index (χ3n) is 1.90. The van der Waals surface area contributed by atoms with Crippen molar-refractivity contribution in [1.29, 1.82) is 0 Å². The van der Waals surface area contributed by atoms with E-state index in [1.807, 2.05) is 26.0 Å². The molecule has 0 amide bonds. The monoisotopic (exact) mass is 193 g/mol. The second kappa shape index (κ2) is 5.37. The lowest BCUT2D eigenvalue weighted by atomic mass is 10.1. The Hall–Kier alpha value is -1.38. The predicted octanol–water partition coefficient (Wildman–Crippen LogP) is 1.89. The molecule has 0 spiro atoms. The van der Waals surface area contributed by atoms with E-state index >= 15 is 0 Å². The number of nitrogens with zero attached hydrogens (tertiary/aromatic N) is 1. The summed E-state index contributed by atoms with van der Waals surface area (Å²) in [7, 11) is 0. The standard InChI is InChI=1S/C11H15NO2/c1-3-14-11(13)7-6-10-5-4-9(2)12-8-10/h4-5,8H,3,6-7H2,1-2H3. The molecule has 0 fully saturated rings. The molecule has 3 heteroatoms. The zero-order valence-corrected chi connectivity index (χ0v) is 8.62. The average molecular weight is 193 g/mol. The molecular weight excluding hydrogens is 178 g/mol. The van der Waals surface area contributed by atoms with Gasteiger partial charge in [-0.05, 0) is 31.9 Å². The molecular formula is C11H15NO2. The van der Waals surface area contributed by atoms with E-state index in [0.29, 0.717) is 19.4 Å². The molecule has 0 saturated carbocycles. The van der Waals surface area contributed by atoms with E-state index in [1.165, 1.54) is 0 Å². The summed E-state index contributed by atoms with van der Waals surface area (Å²) in [5, 5.41) is 0. The summed E-state index contributed by atoms with van der Waals surface area (Å²) >= 11 is 0. The van der Waals surface area contributed by atoms with Gasteiger partial charge < -0.3 is 4.74 Å². The Labute approximate surface area is 84.1 Å². The number of carbonyl (C=O) groups is 1. The topological polar surface area (TPSA) is 39.2 Å². The Balaban J connectivity index is 2.38. The second-order valence-corrected chi connectivity index (χ2v) is 3.11. The van der Waals surface area contributed by atoms with Gasteiger partial charge in [0.25, 0.3) is 0 Å². The molecule has 1 aromatic rings. The molecule has 1 aromatic heterocycles. The lowest BCUT2D eigenvalue weighted by Gasteiger charge is -2.01. The van der Waals surface area contributed by atoms with E-state index in [2.05, 4.69) is 4.98 Å². The van der Waals surface area contributed by atoms with Crippen LogP contribution in [-0.2, 0) is 16.0 Å². The van der Waals surface area contributed by atoms with Crippen LogP contribution in [0.3, 0.4) is 0 Å². The first kappa shape index (κ1) is 10.7. The molecule has 0 bridgehead atoms. The van der Waals surface area contributed by atoms with Crippen molar-refractivity contribution in [2.75, 3.05) is 6.61 Å². The molecule has 14 heavy (non-hydrogen) atoms. The number of carbonyl (C=O) groups excluding carboxylic acids is 1. The van der Waals surface area contributed by atoms with Gasteiger partial charge in [-0.15, -0.1) is 0 Å². The number of ether oxygens (including phenoxy) is 1. The highest BCUT2D eigenvalue weighted by Crippen LogP contribution is 2.03. The molecule has 0 unspecified atom stereocenters. The van der Waals surface area contributed by atoms with Crippen LogP contribution in [0.5, 0.6) is 0 Å². The Bertz CT molecular complexity index is 293. The van der Waals surface area contributed by atoms with E-state index in [0.717, 1.165) is 11.3 Å². The van der Waals surface area contributed by atoms with E-state index < -0.39 is 0 Å². The summed E-state index contributed by atoms with van der Waals surface area (Å²) in [6, 6.07) is 3.93. The van der Waals surface area contributed by atoms with Crippen molar-refractivity contribution >= 4 is 5.97 Å². The van der Waals surface area contributed by atoms with Gasteiger partial charge >= 0.3 is 5.97 Å². The number of hydrogen-bond donors (Lipinski definition) is 0. The molecule has 76 valence electrons. The molecule has 1 heterocycles. The Kier molecular flexibility index (Phi) is 4.11. The zero-order valence-electron chi connectivity index (χ0n) is 8.62. The summed E-state index contributed by atoms with van der Waals surface area (Å²) in [6.45, 7) is 4.20. The maximum atomic E-state index is 11.0. The number of pyridine rings is 1. The maximum Gasteiger partial charge on any atom is 0.306 e. The molecule has 0 aliphatic carbocycles. The second-order valence-electron chi connectivity index (χ2n) is 3.11. The highest BCUT2D eigenvalue weighted by molar-refractivity contribution is 5.69. The number of aromatic nitrogens is 1. The van der Waals surface area contributed by atoms with E-state index in [9.17, 15) is 4.79 Å². The van der Waals surface area contributed by atoms with Gasteiger partial charge in [0.2, 0.25) is 0 Å². The van der Waals surface area contributed by atoms with Gasteiger partial charge in [-0.1, -0.05) is 6.07 Å². The normalized spacial score (nSPS) is 9.86. The summed E-state index contributed by atoms with van der Waals surface area (Å²) < 4.78 is 4.83. The summed E-state index contributed by atoms with van der Waals surface area (Å²) in [5.74, 6) is -0.145. The van der Waals surface area contributed by atoms with Gasteiger partial charge in [-0.2, -0.15) is 0 Å². The number of rotatable bonds is 4. The molecule has 3 nitrogen and oxygen atoms in total. The molecule has 0 radical (unpaired) electrons. The van der Waals surface area contributed by atoms with Crippen molar-refractivity contribution < 1.29 is 9.53 Å². The minimum Gasteiger partial charge on any atom is -0.466 e. The van der Waals surface area contributed by atoms with E-state index in [4.69, 9.17) is 4.74 Å². The number of hydrogen-bond acceptors (Lipinski definition) is 3. The lowest BCUT2D eigenvalue weighted by molar-refractivity contribution is -0.143. The molecule has 0 atom stereocenters. The van der Waals surface area contributed by atoms with Gasteiger partial charge in [0.15, 0.2) is 0 Å². The fourth-order valence-corrected chi connectivity index (χ4v) is 1.13. The van der Waals surface area contributed by atoms with Gasteiger partial charge in [-0.3, -0.25) is 9.78 Å². The molecule has 0 N–H and O–H groups in total. The van der Waals surface area contributed by atoms with Crippen molar-refractivity contribution in [3.8, 4) is 0 Å². The van der Waals surface area contributed by atoms with E-state index in [-0.39, 0.29) is 5.97 Å². The minimum absolute atomic E-state index is 0.145. The van der Waals surface area contributed by atoms with Gasteiger partial charge in [0.05, 0.1) is 6.61 Å². The first-order valence-corrected chi connectivity index (χ1v) is 4.79. The van der Waals surface area contributed by atoms with Crippen LogP contribution in [0, 0.1) is 6.92 Å². The van der Waals surface area contributed by atoms with Gasteiger partial charge in [0.1, 0.15) is 0 Å². The van der Waals surface area contributed by atoms with Crippen molar-refractivity contribution in [2.45, 2.75) is 26.7 Å².